The Morgan fingerprint density at radius 2 is 2.13 bits per heavy atom. The van der Waals surface area contributed by atoms with Gasteiger partial charge < -0.3 is 30.1 Å². The Bertz CT molecular complexity index is 762. The third kappa shape index (κ3) is 3.07. The van der Waals surface area contributed by atoms with Gasteiger partial charge in [-0.15, -0.1) is 0 Å². The average molecular weight is 345 g/mol. The minimum atomic E-state index is -3.72. The van der Waals surface area contributed by atoms with Gasteiger partial charge >= 0.3 is 7.60 Å². The van der Waals surface area contributed by atoms with E-state index in [2.05, 4.69) is 15.0 Å². The molecule has 1 fully saturated rings. The van der Waals surface area contributed by atoms with Gasteiger partial charge in [0.2, 0.25) is 0 Å². The highest BCUT2D eigenvalue weighted by Crippen LogP contribution is 2.39. The van der Waals surface area contributed by atoms with Gasteiger partial charge in [-0.1, -0.05) is 0 Å². The molecule has 0 spiro atoms. The first-order valence-corrected chi connectivity index (χ1v) is 8.70. The zero-order chi connectivity index (χ0) is 16.8. The Kier molecular flexibility index (Phi) is 4.08. The molecule has 1 aliphatic heterocycles. The number of nitrogen functional groups attached to an aromatic ring is 1. The van der Waals surface area contributed by atoms with Crippen molar-refractivity contribution in [2.45, 2.75) is 24.5 Å². The second kappa shape index (κ2) is 5.78. The van der Waals surface area contributed by atoms with Gasteiger partial charge in [-0.05, 0) is 0 Å². The van der Waals surface area contributed by atoms with Crippen LogP contribution in [0, 0.1) is 0 Å². The number of rotatable bonds is 4. The molecule has 2 aromatic rings. The van der Waals surface area contributed by atoms with Crippen LogP contribution in [0.5, 0.6) is 0 Å². The van der Waals surface area contributed by atoms with Crippen LogP contribution in [-0.4, -0.2) is 66.2 Å². The lowest BCUT2D eigenvalue weighted by Gasteiger charge is -2.16. The van der Waals surface area contributed by atoms with E-state index in [-0.39, 0.29) is 12.4 Å². The largest absolute Gasteiger partial charge is 0.387 e. The smallest absolute Gasteiger partial charge is 0.325 e. The van der Waals surface area contributed by atoms with E-state index in [9.17, 15) is 14.8 Å². The molecule has 0 aromatic carbocycles. The summed E-state index contributed by atoms with van der Waals surface area (Å²) >= 11 is 0. The SMILES string of the molecule is CP(=O)(O)OC[C@H]1O[C@@H](n2cnc3c(N)ncnc32)C(O)C1O. The molecule has 0 aliphatic carbocycles. The first kappa shape index (κ1) is 16.2. The second-order valence-electron chi connectivity index (χ2n) is 5.23. The van der Waals surface area contributed by atoms with Gasteiger partial charge in [0.15, 0.2) is 17.7 Å². The fourth-order valence-electron chi connectivity index (χ4n) is 2.36. The molecule has 0 amide bonds. The van der Waals surface area contributed by atoms with Crippen molar-refractivity contribution >= 4 is 24.6 Å². The lowest BCUT2D eigenvalue weighted by Crippen LogP contribution is -2.33. The lowest BCUT2D eigenvalue weighted by atomic mass is 10.1. The molecular weight excluding hydrogens is 329 g/mol. The molecule has 126 valence electrons. The summed E-state index contributed by atoms with van der Waals surface area (Å²) in [6, 6.07) is 0. The molecule has 23 heavy (non-hydrogen) atoms. The topological polar surface area (TPSA) is 166 Å². The van der Waals surface area contributed by atoms with Gasteiger partial charge in [0, 0.05) is 6.66 Å². The van der Waals surface area contributed by atoms with Crippen LogP contribution in [0.2, 0.25) is 0 Å². The van der Waals surface area contributed by atoms with E-state index in [0.717, 1.165) is 6.66 Å². The summed E-state index contributed by atoms with van der Waals surface area (Å²) in [6.45, 7) is 0.675. The second-order valence-corrected chi connectivity index (χ2v) is 7.09. The van der Waals surface area contributed by atoms with E-state index in [1.54, 1.807) is 0 Å². The fourth-order valence-corrected chi connectivity index (χ4v) is 2.79. The number of nitrogens with two attached hydrogens (primary N) is 1. The lowest BCUT2D eigenvalue weighted by molar-refractivity contribution is -0.0483. The van der Waals surface area contributed by atoms with Crippen LogP contribution < -0.4 is 5.73 Å². The van der Waals surface area contributed by atoms with E-state index in [1.807, 2.05) is 0 Å². The number of fused-ring (bicyclic) bond motifs is 1. The van der Waals surface area contributed by atoms with Crippen LogP contribution in [0.3, 0.4) is 0 Å². The zero-order valence-electron chi connectivity index (χ0n) is 12.1. The first-order valence-electron chi connectivity index (χ1n) is 6.67. The summed E-state index contributed by atoms with van der Waals surface area (Å²) in [4.78, 5) is 21.0. The number of aliphatic hydroxyl groups excluding tert-OH is 2. The van der Waals surface area contributed by atoms with Crippen molar-refractivity contribution in [2.75, 3.05) is 19.0 Å². The Hall–Kier alpha value is -1.62. The molecule has 3 unspecified atom stereocenters. The Morgan fingerprint density at radius 3 is 2.83 bits per heavy atom. The molecule has 5 atom stereocenters. The number of aromatic nitrogens is 4. The molecular formula is C11H16N5O6P. The van der Waals surface area contributed by atoms with Crippen molar-refractivity contribution in [1.29, 1.82) is 0 Å². The Morgan fingerprint density at radius 1 is 1.39 bits per heavy atom. The number of anilines is 1. The number of nitrogens with zero attached hydrogens (tertiary/aromatic N) is 4. The summed E-state index contributed by atoms with van der Waals surface area (Å²) in [5, 5.41) is 20.2. The molecule has 1 saturated heterocycles. The number of aliphatic hydroxyl groups is 2. The normalized spacial score (nSPS) is 30.6. The number of hydrogen-bond acceptors (Lipinski definition) is 9. The number of imidazole rings is 1. The van der Waals surface area contributed by atoms with Gasteiger partial charge in [0.25, 0.3) is 0 Å². The van der Waals surface area contributed by atoms with E-state index in [4.69, 9.17) is 19.9 Å². The van der Waals surface area contributed by atoms with Crippen LogP contribution in [0.25, 0.3) is 11.2 Å². The van der Waals surface area contributed by atoms with Crippen molar-refractivity contribution < 1.29 is 28.9 Å². The van der Waals surface area contributed by atoms with Crippen molar-refractivity contribution in [2.24, 2.45) is 0 Å². The van der Waals surface area contributed by atoms with Gasteiger partial charge in [-0.2, -0.15) is 0 Å². The molecule has 3 heterocycles. The van der Waals surface area contributed by atoms with Gasteiger partial charge in [-0.25, -0.2) is 15.0 Å². The summed E-state index contributed by atoms with van der Waals surface area (Å²) in [5.41, 5.74) is 6.37. The van der Waals surface area contributed by atoms with Crippen LogP contribution >= 0.6 is 7.60 Å². The summed E-state index contributed by atoms with van der Waals surface area (Å²) in [7, 11) is -3.72. The molecule has 0 saturated carbocycles. The maximum atomic E-state index is 11.2. The molecule has 0 radical (unpaired) electrons. The van der Waals surface area contributed by atoms with Gasteiger partial charge in [0.05, 0.1) is 12.9 Å². The Labute approximate surface area is 130 Å². The molecule has 0 bridgehead atoms. The monoisotopic (exact) mass is 345 g/mol. The molecule has 3 rings (SSSR count). The maximum absolute atomic E-state index is 11.2. The third-order valence-corrected chi connectivity index (χ3v) is 4.10. The third-order valence-electron chi connectivity index (χ3n) is 3.48. The van der Waals surface area contributed by atoms with E-state index < -0.39 is 32.1 Å². The van der Waals surface area contributed by atoms with Crippen LogP contribution in [-0.2, 0) is 13.8 Å². The number of hydrogen-bond donors (Lipinski definition) is 4. The molecule has 1 aliphatic rings. The Balaban J connectivity index is 1.85. The van der Waals surface area contributed by atoms with Crippen LogP contribution in [0.15, 0.2) is 12.7 Å². The molecule has 12 heteroatoms. The van der Waals surface area contributed by atoms with Crippen LogP contribution in [0.1, 0.15) is 6.23 Å². The van der Waals surface area contributed by atoms with Crippen molar-refractivity contribution in [3.05, 3.63) is 12.7 Å². The van der Waals surface area contributed by atoms with Crippen molar-refractivity contribution in [3.63, 3.8) is 0 Å². The number of ether oxygens (including phenoxy) is 1. The van der Waals surface area contributed by atoms with Gasteiger partial charge in [-0.3, -0.25) is 9.13 Å². The van der Waals surface area contributed by atoms with E-state index >= 15 is 0 Å². The summed E-state index contributed by atoms with van der Waals surface area (Å²) in [5.74, 6) is 0.175. The summed E-state index contributed by atoms with van der Waals surface area (Å²) < 4.78 is 22.9. The first-order chi connectivity index (χ1) is 10.8. The van der Waals surface area contributed by atoms with E-state index in [1.165, 1.54) is 17.2 Å². The maximum Gasteiger partial charge on any atom is 0.325 e. The highest BCUT2D eigenvalue weighted by Gasteiger charge is 2.45. The highest BCUT2D eigenvalue weighted by atomic mass is 31.2. The highest BCUT2D eigenvalue weighted by molar-refractivity contribution is 7.51. The molecule has 5 N–H and O–H groups in total. The minimum absolute atomic E-state index is 0.175. The van der Waals surface area contributed by atoms with Crippen molar-refractivity contribution in [1.82, 2.24) is 19.5 Å². The quantitative estimate of drug-likeness (QED) is 0.497. The average Bonchev–Trinajstić information content (AvgIpc) is 3.01. The van der Waals surface area contributed by atoms with E-state index in [0.29, 0.717) is 11.2 Å². The fraction of sp³-hybridized carbons (Fsp3) is 0.545. The van der Waals surface area contributed by atoms with Crippen LogP contribution in [0.4, 0.5) is 5.82 Å². The minimum Gasteiger partial charge on any atom is -0.387 e. The molecule has 11 nitrogen and oxygen atoms in total. The van der Waals surface area contributed by atoms with Gasteiger partial charge in [0.1, 0.15) is 30.2 Å². The predicted octanol–water partition coefficient (Wildman–Crippen LogP) is -1.14. The standard InChI is InChI=1S/C11H16N5O6P/c1-23(19,20)21-2-5-7(17)8(18)11(22-5)16-4-15-6-9(12)13-3-14-10(6)16/h3-5,7-8,11,17-18H,2H2,1H3,(H,19,20)(H2,12,13,14)/t5-,7?,8?,11-/m1/s1. The predicted molar refractivity (Wildman–Crippen MR) is 77.4 cm³/mol. The molecule has 2 aromatic heterocycles. The van der Waals surface area contributed by atoms with Crippen molar-refractivity contribution in [3.8, 4) is 0 Å². The zero-order valence-corrected chi connectivity index (χ0v) is 12.9. The summed E-state index contributed by atoms with van der Waals surface area (Å²) in [6.07, 6.45) is -1.97.